The van der Waals surface area contributed by atoms with Gasteiger partial charge in [-0.2, -0.15) is 0 Å². The van der Waals surface area contributed by atoms with Gasteiger partial charge in [0.2, 0.25) is 0 Å². The monoisotopic (exact) mass is 240 g/mol. The van der Waals surface area contributed by atoms with Crippen LogP contribution in [0, 0.1) is 0 Å². The predicted octanol–water partition coefficient (Wildman–Crippen LogP) is 2.51. The van der Waals surface area contributed by atoms with Crippen molar-refractivity contribution < 1.29 is 9.30 Å². The Balaban J connectivity index is 2.48. The molecule has 1 saturated heterocycles. The van der Waals surface area contributed by atoms with E-state index in [0.717, 1.165) is 18.2 Å². The molecule has 0 N–H and O–H groups in total. The van der Waals surface area contributed by atoms with Gasteiger partial charge >= 0.3 is 0 Å². The molecule has 0 aromatic carbocycles. The van der Waals surface area contributed by atoms with Gasteiger partial charge in [0.05, 0.1) is 6.10 Å². The van der Waals surface area contributed by atoms with E-state index in [1.54, 1.807) is 13.3 Å². The molecule has 11 heavy (non-hydrogen) atoms. The van der Waals surface area contributed by atoms with Crippen molar-refractivity contribution in [3.05, 3.63) is 0 Å². The molecule has 0 aromatic heterocycles. The average Bonchev–Trinajstić information content (AvgIpc) is 2.32. The first kappa shape index (κ1) is 9.76. The van der Waals surface area contributed by atoms with E-state index in [-0.39, 0.29) is 11.9 Å². The minimum atomic E-state index is -2.01. The molecule has 1 fully saturated rings. The largest absolute Gasteiger partial charge is 0.366 e. The summed E-state index contributed by atoms with van der Waals surface area (Å²) in [4.78, 5) is 0. The number of ether oxygens (including phenoxy) is 1. The molecule has 1 rings (SSSR count). The smallest absolute Gasteiger partial charge is 0.110 e. The van der Waals surface area contributed by atoms with Gasteiger partial charge in [-0.3, -0.25) is 0 Å². The lowest BCUT2D eigenvalue weighted by molar-refractivity contribution is 0.103. The third-order valence-corrected chi connectivity index (χ3v) is 4.44. The van der Waals surface area contributed by atoms with E-state index in [4.69, 9.17) is 4.74 Å². The van der Waals surface area contributed by atoms with E-state index in [2.05, 4.69) is 15.9 Å². The van der Waals surface area contributed by atoms with Crippen molar-refractivity contribution >= 4 is 23.1 Å². The van der Waals surface area contributed by atoms with Gasteiger partial charge in [0.25, 0.3) is 0 Å². The molecule has 4 heteroatoms. The van der Waals surface area contributed by atoms with Crippen molar-refractivity contribution in [3.8, 4) is 0 Å². The second-order valence-electron chi connectivity index (χ2n) is 3.38. The SMILES string of the molecule is CP(C)(=O)C1CC[C@@H](CBr)O1. The van der Waals surface area contributed by atoms with Crippen LogP contribution in [0.2, 0.25) is 0 Å². The van der Waals surface area contributed by atoms with Gasteiger partial charge in [0.1, 0.15) is 13.0 Å². The summed E-state index contributed by atoms with van der Waals surface area (Å²) in [7, 11) is -2.01. The number of halogens is 1. The Kier molecular flexibility index (Phi) is 3.18. The molecule has 0 saturated carbocycles. The fourth-order valence-electron chi connectivity index (χ4n) is 1.26. The standard InChI is InChI=1S/C7H14BrO2P/c1-11(2,9)7-4-3-6(5-8)10-7/h6-7H,3-5H2,1-2H3/t6-,7?/m0/s1. The predicted molar refractivity (Wildman–Crippen MR) is 51.1 cm³/mol. The molecule has 0 radical (unpaired) electrons. The molecule has 2 atom stereocenters. The van der Waals surface area contributed by atoms with Crippen LogP contribution >= 0.6 is 23.1 Å². The van der Waals surface area contributed by atoms with Crippen LogP contribution < -0.4 is 0 Å². The molecule has 1 unspecified atom stereocenters. The summed E-state index contributed by atoms with van der Waals surface area (Å²) < 4.78 is 17.1. The Bertz CT molecular complexity index is 177. The minimum Gasteiger partial charge on any atom is -0.366 e. The maximum absolute atomic E-state index is 11.5. The van der Waals surface area contributed by atoms with Crippen LogP contribution in [0.5, 0.6) is 0 Å². The van der Waals surface area contributed by atoms with Crippen molar-refractivity contribution in [1.82, 2.24) is 0 Å². The van der Waals surface area contributed by atoms with Gasteiger partial charge in [0, 0.05) is 5.33 Å². The van der Waals surface area contributed by atoms with Crippen LogP contribution in [0.1, 0.15) is 12.8 Å². The van der Waals surface area contributed by atoms with Crippen LogP contribution in [0.3, 0.4) is 0 Å². The highest BCUT2D eigenvalue weighted by Gasteiger charge is 2.32. The zero-order chi connectivity index (χ0) is 8.48. The second kappa shape index (κ2) is 3.59. The van der Waals surface area contributed by atoms with E-state index in [1.165, 1.54) is 0 Å². The lowest BCUT2D eigenvalue weighted by Crippen LogP contribution is -2.11. The maximum Gasteiger partial charge on any atom is 0.110 e. The first-order valence-electron chi connectivity index (χ1n) is 3.80. The fourth-order valence-corrected chi connectivity index (χ4v) is 2.97. The summed E-state index contributed by atoms with van der Waals surface area (Å²) in [6, 6.07) is 0. The number of alkyl halides is 1. The van der Waals surface area contributed by atoms with Gasteiger partial charge in [0.15, 0.2) is 0 Å². The van der Waals surface area contributed by atoms with Crippen molar-refractivity contribution in [2.75, 3.05) is 18.7 Å². The van der Waals surface area contributed by atoms with Crippen LogP contribution in [-0.4, -0.2) is 30.6 Å². The van der Waals surface area contributed by atoms with Gasteiger partial charge in [-0.15, -0.1) is 0 Å². The summed E-state index contributed by atoms with van der Waals surface area (Å²) in [5.74, 6) is 0.0186. The second-order valence-corrected chi connectivity index (χ2v) is 7.47. The molecular formula is C7H14BrO2P. The summed E-state index contributed by atoms with van der Waals surface area (Å²) in [5, 5.41) is 0.865. The average molecular weight is 241 g/mol. The lowest BCUT2D eigenvalue weighted by Gasteiger charge is -2.15. The molecule has 0 spiro atoms. The number of hydrogen-bond acceptors (Lipinski definition) is 2. The van der Waals surface area contributed by atoms with E-state index in [1.807, 2.05) is 0 Å². The molecule has 0 aliphatic carbocycles. The van der Waals surface area contributed by atoms with E-state index >= 15 is 0 Å². The minimum absolute atomic E-state index is 0.0186. The molecule has 66 valence electrons. The zero-order valence-electron chi connectivity index (χ0n) is 6.92. The molecule has 1 aliphatic rings. The first-order chi connectivity index (χ1) is 5.04. The van der Waals surface area contributed by atoms with E-state index in [0.29, 0.717) is 0 Å². The van der Waals surface area contributed by atoms with Crippen LogP contribution in [0.4, 0.5) is 0 Å². The lowest BCUT2D eigenvalue weighted by atomic mass is 10.3. The Morgan fingerprint density at radius 3 is 2.45 bits per heavy atom. The first-order valence-corrected chi connectivity index (χ1v) is 7.59. The molecule has 0 bridgehead atoms. The van der Waals surface area contributed by atoms with E-state index in [9.17, 15) is 4.57 Å². The quantitative estimate of drug-likeness (QED) is 0.548. The molecule has 1 aliphatic heterocycles. The summed E-state index contributed by atoms with van der Waals surface area (Å²) in [6.07, 6.45) is 2.29. The summed E-state index contributed by atoms with van der Waals surface area (Å²) >= 11 is 3.36. The third-order valence-electron chi connectivity index (χ3n) is 1.95. The molecule has 0 aromatic rings. The van der Waals surface area contributed by atoms with Gasteiger partial charge < -0.3 is 9.30 Å². The Morgan fingerprint density at radius 1 is 1.55 bits per heavy atom. The summed E-state index contributed by atoms with van der Waals surface area (Å²) in [5.41, 5.74) is 0. The van der Waals surface area contributed by atoms with Crippen molar-refractivity contribution in [1.29, 1.82) is 0 Å². The third kappa shape index (κ3) is 2.57. The molecule has 0 amide bonds. The highest BCUT2D eigenvalue weighted by molar-refractivity contribution is 9.09. The van der Waals surface area contributed by atoms with Crippen LogP contribution in [0.15, 0.2) is 0 Å². The highest BCUT2D eigenvalue weighted by atomic mass is 79.9. The summed E-state index contributed by atoms with van der Waals surface area (Å²) in [6.45, 7) is 3.60. The topological polar surface area (TPSA) is 26.3 Å². The highest BCUT2D eigenvalue weighted by Crippen LogP contribution is 2.48. The van der Waals surface area contributed by atoms with Crippen molar-refractivity contribution in [2.24, 2.45) is 0 Å². The number of hydrogen-bond donors (Lipinski definition) is 0. The van der Waals surface area contributed by atoms with Crippen LogP contribution in [0.25, 0.3) is 0 Å². The van der Waals surface area contributed by atoms with E-state index < -0.39 is 7.14 Å². The zero-order valence-corrected chi connectivity index (χ0v) is 9.40. The molecular weight excluding hydrogens is 227 g/mol. The van der Waals surface area contributed by atoms with Crippen molar-refractivity contribution in [2.45, 2.75) is 24.8 Å². The van der Waals surface area contributed by atoms with Crippen LogP contribution in [-0.2, 0) is 9.30 Å². The fraction of sp³-hybridized carbons (Fsp3) is 1.00. The van der Waals surface area contributed by atoms with Crippen molar-refractivity contribution in [3.63, 3.8) is 0 Å². The Labute approximate surface area is 76.2 Å². The Morgan fingerprint density at radius 2 is 2.18 bits per heavy atom. The van der Waals surface area contributed by atoms with Gasteiger partial charge in [-0.05, 0) is 26.2 Å². The maximum atomic E-state index is 11.5. The van der Waals surface area contributed by atoms with Gasteiger partial charge in [-0.1, -0.05) is 15.9 Å². The number of rotatable bonds is 2. The van der Waals surface area contributed by atoms with Gasteiger partial charge in [-0.25, -0.2) is 0 Å². The molecule has 1 heterocycles. The Hall–Kier alpha value is 0.670. The normalized spacial score (nSPS) is 32.6. The molecule has 2 nitrogen and oxygen atoms in total.